The summed E-state index contributed by atoms with van der Waals surface area (Å²) in [5.41, 5.74) is 3.09. The quantitative estimate of drug-likeness (QED) is 0.884. The van der Waals surface area contributed by atoms with Gasteiger partial charge in [0.1, 0.15) is 5.82 Å². The Bertz CT molecular complexity index is 850. The molecular weight excluding hydrogens is 336 g/mol. The molecule has 1 aromatic heterocycles. The van der Waals surface area contributed by atoms with Crippen molar-refractivity contribution in [1.29, 1.82) is 0 Å². The van der Waals surface area contributed by atoms with Crippen LogP contribution in [-0.2, 0) is 16.3 Å². The number of aromatic nitrogens is 2. The molecule has 1 atom stereocenters. The van der Waals surface area contributed by atoms with Gasteiger partial charge < -0.3 is 10.2 Å². The van der Waals surface area contributed by atoms with Gasteiger partial charge in [0.2, 0.25) is 5.95 Å². The summed E-state index contributed by atoms with van der Waals surface area (Å²) in [7, 11) is -1.08. The predicted octanol–water partition coefficient (Wildman–Crippen LogP) is 2.71. The first-order valence-electron chi connectivity index (χ1n) is 8.51. The topological polar surface area (TPSA) is 75.2 Å². The summed E-state index contributed by atoms with van der Waals surface area (Å²) < 4.78 is 23.4. The molecule has 1 saturated heterocycles. The zero-order valence-electron chi connectivity index (χ0n) is 14.9. The molecular formula is C18H24N4O2S. The van der Waals surface area contributed by atoms with Gasteiger partial charge >= 0.3 is 0 Å². The van der Waals surface area contributed by atoms with Crippen molar-refractivity contribution < 1.29 is 8.42 Å². The molecule has 134 valence electrons. The lowest BCUT2D eigenvalue weighted by Crippen LogP contribution is -2.34. The fourth-order valence-corrected chi connectivity index (χ4v) is 4.76. The Hall–Kier alpha value is -2.15. The molecule has 7 heteroatoms. The maximum Gasteiger partial charge on any atom is 0.227 e. The van der Waals surface area contributed by atoms with E-state index in [9.17, 15) is 8.42 Å². The minimum absolute atomic E-state index is 0.0662. The summed E-state index contributed by atoms with van der Waals surface area (Å²) in [6.45, 7) is 4.04. The lowest BCUT2D eigenvalue weighted by Gasteiger charge is -2.24. The monoisotopic (exact) mass is 360 g/mol. The molecule has 2 heterocycles. The summed E-state index contributed by atoms with van der Waals surface area (Å²) in [5.74, 6) is 1.67. The largest absolute Gasteiger partial charge is 0.340 e. The van der Waals surface area contributed by atoms with Crippen LogP contribution in [0.25, 0.3) is 0 Å². The molecule has 0 saturated carbocycles. The van der Waals surface area contributed by atoms with Crippen molar-refractivity contribution in [1.82, 2.24) is 9.97 Å². The maximum atomic E-state index is 11.7. The first-order chi connectivity index (χ1) is 11.9. The second-order valence-electron chi connectivity index (χ2n) is 6.54. The van der Waals surface area contributed by atoms with Crippen molar-refractivity contribution in [2.45, 2.75) is 32.7 Å². The molecule has 0 spiro atoms. The number of benzene rings is 1. The third-order valence-electron chi connectivity index (χ3n) is 4.55. The molecule has 0 amide bonds. The van der Waals surface area contributed by atoms with Crippen LogP contribution in [0.2, 0.25) is 0 Å². The normalized spacial score (nSPS) is 18.9. The number of nitrogens with zero attached hydrogens (tertiary/aromatic N) is 3. The molecule has 1 aliphatic rings. The van der Waals surface area contributed by atoms with Crippen LogP contribution in [0.5, 0.6) is 0 Å². The van der Waals surface area contributed by atoms with Crippen molar-refractivity contribution in [3.05, 3.63) is 41.6 Å². The van der Waals surface area contributed by atoms with Crippen molar-refractivity contribution in [2.75, 3.05) is 28.8 Å². The van der Waals surface area contributed by atoms with E-state index in [0.717, 1.165) is 17.8 Å². The third-order valence-corrected chi connectivity index (χ3v) is 6.30. The number of rotatable bonds is 5. The van der Waals surface area contributed by atoms with Crippen LogP contribution in [0.1, 0.15) is 24.6 Å². The van der Waals surface area contributed by atoms with Crippen LogP contribution in [-0.4, -0.2) is 43.0 Å². The van der Waals surface area contributed by atoms with E-state index in [1.807, 2.05) is 37.1 Å². The van der Waals surface area contributed by atoms with E-state index in [1.54, 1.807) is 0 Å². The Morgan fingerprint density at radius 2 is 1.96 bits per heavy atom. The molecule has 25 heavy (non-hydrogen) atoms. The minimum Gasteiger partial charge on any atom is -0.340 e. The average molecular weight is 360 g/mol. The number of aryl methyl sites for hydroxylation is 2. The second-order valence-corrected chi connectivity index (χ2v) is 8.77. The van der Waals surface area contributed by atoms with Gasteiger partial charge in [-0.15, -0.1) is 0 Å². The number of hydrogen-bond acceptors (Lipinski definition) is 6. The van der Waals surface area contributed by atoms with Gasteiger partial charge in [0.05, 0.1) is 11.5 Å². The van der Waals surface area contributed by atoms with Gasteiger partial charge in [-0.05, 0) is 37.5 Å². The maximum absolute atomic E-state index is 11.7. The van der Waals surface area contributed by atoms with Gasteiger partial charge in [-0.1, -0.05) is 19.1 Å². The smallest absolute Gasteiger partial charge is 0.227 e. The average Bonchev–Trinajstić information content (AvgIpc) is 2.94. The van der Waals surface area contributed by atoms with E-state index >= 15 is 0 Å². The lowest BCUT2D eigenvalue weighted by atomic mass is 10.1. The zero-order valence-corrected chi connectivity index (χ0v) is 15.7. The Balaban J connectivity index is 1.80. The Kier molecular flexibility index (Phi) is 4.94. The molecule has 1 N–H and O–H groups in total. The summed E-state index contributed by atoms with van der Waals surface area (Å²) in [5, 5.41) is 3.30. The molecule has 0 radical (unpaired) electrons. The Morgan fingerprint density at radius 1 is 1.24 bits per heavy atom. The van der Waals surface area contributed by atoms with Crippen LogP contribution in [0.3, 0.4) is 0 Å². The Morgan fingerprint density at radius 3 is 2.56 bits per heavy atom. The first-order valence-corrected chi connectivity index (χ1v) is 10.3. The highest BCUT2D eigenvalue weighted by molar-refractivity contribution is 7.91. The van der Waals surface area contributed by atoms with Crippen LogP contribution in [0, 0.1) is 6.92 Å². The zero-order chi connectivity index (χ0) is 18.0. The number of nitrogens with one attached hydrogen (secondary N) is 1. The molecule has 2 aromatic rings. The summed E-state index contributed by atoms with van der Waals surface area (Å²) in [4.78, 5) is 10.9. The second kappa shape index (κ2) is 7.00. The minimum atomic E-state index is -2.94. The van der Waals surface area contributed by atoms with Crippen molar-refractivity contribution in [3.63, 3.8) is 0 Å². The summed E-state index contributed by atoms with van der Waals surface area (Å²) >= 11 is 0. The first kappa shape index (κ1) is 17.7. The van der Waals surface area contributed by atoms with Crippen LogP contribution in [0.15, 0.2) is 30.3 Å². The van der Waals surface area contributed by atoms with Gasteiger partial charge in [0, 0.05) is 30.5 Å². The van der Waals surface area contributed by atoms with Gasteiger partial charge in [-0.2, -0.15) is 4.98 Å². The SMILES string of the molecule is CCc1ccc(Nc2cc(C)nc(N(C)C3CCS(=O)(=O)C3)n2)cc1. The van der Waals surface area contributed by atoms with E-state index in [4.69, 9.17) is 0 Å². The van der Waals surface area contributed by atoms with E-state index in [0.29, 0.717) is 18.2 Å². The molecule has 1 unspecified atom stereocenters. The highest BCUT2D eigenvalue weighted by Crippen LogP contribution is 2.23. The van der Waals surface area contributed by atoms with E-state index < -0.39 is 9.84 Å². The highest BCUT2D eigenvalue weighted by atomic mass is 32.2. The van der Waals surface area contributed by atoms with E-state index in [-0.39, 0.29) is 17.5 Å². The highest BCUT2D eigenvalue weighted by Gasteiger charge is 2.31. The van der Waals surface area contributed by atoms with Gasteiger partial charge in [-0.3, -0.25) is 0 Å². The molecule has 6 nitrogen and oxygen atoms in total. The van der Waals surface area contributed by atoms with Gasteiger partial charge in [0.25, 0.3) is 0 Å². The van der Waals surface area contributed by atoms with Crippen LogP contribution in [0.4, 0.5) is 17.5 Å². The van der Waals surface area contributed by atoms with Crippen molar-refractivity contribution in [2.24, 2.45) is 0 Å². The number of anilines is 3. The predicted molar refractivity (Wildman–Crippen MR) is 101 cm³/mol. The molecule has 3 rings (SSSR count). The molecule has 0 aliphatic carbocycles. The van der Waals surface area contributed by atoms with Crippen LogP contribution >= 0.6 is 0 Å². The van der Waals surface area contributed by atoms with Crippen molar-refractivity contribution >= 4 is 27.3 Å². The van der Waals surface area contributed by atoms with Crippen LogP contribution < -0.4 is 10.2 Å². The fourth-order valence-electron chi connectivity index (χ4n) is 2.99. The van der Waals surface area contributed by atoms with E-state index in [2.05, 4.69) is 34.3 Å². The Labute approximate surface area is 149 Å². The van der Waals surface area contributed by atoms with Gasteiger partial charge in [0.15, 0.2) is 9.84 Å². The third kappa shape index (κ3) is 4.28. The fraction of sp³-hybridized carbons (Fsp3) is 0.444. The van der Waals surface area contributed by atoms with Crippen molar-refractivity contribution in [3.8, 4) is 0 Å². The molecule has 1 aliphatic heterocycles. The molecule has 1 fully saturated rings. The summed E-state index contributed by atoms with van der Waals surface area (Å²) in [6, 6.07) is 10.1. The molecule has 1 aromatic carbocycles. The van der Waals surface area contributed by atoms with Gasteiger partial charge in [-0.25, -0.2) is 13.4 Å². The van der Waals surface area contributed by atoms with E-state index in [1.165, 1.54) is 5.56 Å². The number of sulfone groups is 1. The summed E-state index contributed by atoms with van der Waals surface area (Å²) in [6.07, 6.45) is 1.63. The number of hydrogen-bond donors (Lipinski definition) is 1. The molecule has 0 bridgehead atoms. The standard InChI is InChI=1S/C18H24N4O2S/c1-4-14-5-7-15(8-6-14)20-17-11-13(2)19-18(21-17)22(3)16-9-10-25(23,24)12-16/h5-8,11,16H,4,9-10,12H2,1-3H3,(H,19,20,21). The lowest BCUT2D eigenvalue weighted by molar-refractivity contribution is 0.600.